The number of hydrogen-bond acceptors (Lipinski definition) is 5. The van der Waals surface area contributed by atoms with Gasteiger partial charge < -0.3 is 15.2 Å². The number of anilines is 1. The third kappa shape index (κ3) is 2.75. The number of benzene rings is 1. The van der Waals surface area contributed by atoms with Crippen molar-refractivity contribution in [2.24, 2.45) is 5.11 Å². The van der Waals surface area contributed by atoms with Gasteiger partial charge in [-0.25, -0.2) is 5.53 Å². The minimum absolute atomic E-state index is 0.424. The van der Waals surface area contributed by atoms with Gasteiger partial charge in [0.15, 0.2) is 0 Å². The molecule has 6 nitrogen and oxygen atoms in total. The number of nitrogens with one attached hydrogen (secondary N) is 2. The summed E-state index contributed by atoms with van der Waals surface area (Å²) in [5, 5.41) is 14.0. The van der Waals surface area contributed by atoms with Crippen molar-refractivity contribution >= 4 is 11.6 Å². The second-order valence-corrected chi connectivity index (χ2v) is 2.69. The van der Waals surface area contributed by atoms with Crippen molar-refractivity contribution in [1.82, 2.24) is 0 Å². The molecule has 0 spiro atoms. The van der Waals surface area contributed by atoms with E-state index in [4.69, 9.17) is 15.4 Å². The van der Waals surface area contributed by atoms with Gasteiger partial charge in [0.05, 0.1) is 12.8 Å². The lowest BCUT2D eigenvalue weighted by Crippen LogP contribution is -2.25. The van der Waals surface area contributed by atoms with E-state index in [0.717, 1.165) is 0 Å². The summed E-state index contributed by atoms with van der Waals surface area (Å²) in [4.78, 5) is 11.2. The summed E-state index contributed by atoms with van der Waals surface area (Å²) < 4.78 is 4.99. The molecule has 0 heterocycles. The van der Waals surface area contributed by atoms with Crippen LogP contribution in [0.15, 0.2) is 29.4 Å². The average Bonchev–Trinajstić information content (AvgIpc) is 2.28. The Balaban J connectivity index is 2.80. The van der Waals surface area contributed by atoms with Crippen LogP contribution in [0.25, 0.3) is 0 Å². The van der Waals surface area contributed by atoms with E-state index in [2.05, 4.69) is 10.4 Å². The predicted molar refractivity (Wildman–Crippen MR) is 52.8 cm³/mol. The molecule has 1 aromatic rings. The third-order valence-electron chi connectivity index (χ3n) is 1.72. The molecular formula is C9H11N3O3. The van der Waals surface area contributed by atoms with Crippen LogP contribution in [0.5, 0.6) is 5.75 Å². The van der Waals surface area contributed by atoms with Gasteiger partial charge in [0.2, 0.25) is 6.23 Å². The number of methoxy groups -OCH3 is 1. The lowest BCUT2D eigenvalue weighted by Gasteiger charge is -2.10. The Hall–Kier alpha value is -1.95. The first-order valence-electron chi connectivity index (χ1n) is 4.17. The number of carbonyl (C=O) groups is 1. The lowest BCUT2D eigenvalue weighted by atomic mass is 10.3. The van der Waals surface area contributed by atoms with Crippen LogP contribution in [0.4, 0.5) is 5.69 Å². The van der Waals surface area contributed by atoms with E-state index < -0.39 is 12.1 Å². The van der Waals surface area contributed by atoms with Crippen molar-refractivity contribution in [2.45, 2.75) is 6.23 Å². The number of amides is 1. The molecule has 80 valence electrons. The smallest absolute Gasteiger partial charge is 0.278 e. The minimum atomic E-state index is -1.69. The van der Waals surface area contributed by atoms with Crippen molar-refractivity contribution in [3.05, 3.63) is 24.3 Å². The number of rotatable bonds is 4. The van der Waals surface area contributed by atoms with E-state index in [1.807, 2.05) is 0 Å². The zero-order valence-electron chi connectivity index (χ0n) is 8.10. The Labute approximate surface area is 86.4 Å². The maximum absolute atomic E-state index is 11.2. The molecule has 0 aliphatic carbocycles. The molecule has 0 bridgehead atoms. The van der Waals surface area contributed by atoms with Crippen LogP contribution in [0.3, 0.4) is 0 Å². The molecule has 1 aromatic carbocycles. The van der Waals surface area contributed by atoms with Crippen LogP contribution in [0.2, 0.25) is 0 Å². The molecule has 0 saturated carbocycles. The van der Waals surface area contributed by atoms with E-state index in [0.29, 0.717) is 11.4 Å². The Morgan fingerprint density at radius 1 is 1.60 bits per heavy atom. The van der Waals surface area contributed by atoms with Gasteiger partial charge in [-0.15, -0.1) is 0 Å². The SMILES string of the molecule is COc1ccccc1NC(=O)C(O)N=N. The Morgan fingerprint density at radius 3 is 2.87 bits per heavy atom. The molecule has 1 atom stereocenters. The molecule has 0 radical (unpaired) electrons. The molecule has 0 aromatic heterocycles. The van der Waals surface area contributed by atoms with Crippen molar-refractivity contribution in [2.75, 3.05) is 12.4 Å². The summed E-state index contributed by atoms with van der Waals surface area (Å²) in [7, 11) is 1.47. The van der Waals surface area contributed by atoms with Gasteiger partial charge >= 0.3 is 0 Å². The van der Waals surface area contributed by atoms with E-state index in [1.165, 1.54) is 7.11 Å². The number of aliphatic hydroxyl groups is 1. The van der Waals surface area contributed by atoms with Gasteiger partial charge in [0, 0.05) is 0 Å². The maximum atomic E-state index is 11.2. The minimum Gasteiger partial charge on any atom is -0.495 e. The molecule has 0 saturated heterocycles. The number of carbonyl (C=O) groups excluding carboxylic acids is 1. The summed E-state index contributed by atoms with van der Waals surface area (Å²) in [6.07, 6.45) is -1.69. The van der Waals surface area contributed by atoms with Crippen LogP contribution in [0, 0.1) is 5.53 Å². The van der Waals surface area contributed by atoms with Gasteiger partial charge in [-0.2, -0.15) is 5.11 Å². The number of aliphatic hydroxyl groups excluding tert-OH is 1. The third-order valence-corrected chi connectivity index (χ3v) is 1.72. The largest absolute Gasteiger partial charge is 0.495 e. The van der Waals surface area contributed by atoms with E-state index in [1.54, 1.807) is 24.3 Å². The molecular weight excluding hydrogens is 198 g/mol. The molecule has 0 aliphatic rings. The normalized spacial score (nSPS) is 11.6. The predicted octanol–water partition coefficient (Wildman–Crippen LogP) is 0.983. The highest BCUT2D eigenvalue weighted by molar-refractivity contribution is 5.94. The summed E-state index contributed by atoms with van der Waals surface area (Å²) in [5.41, 5.74) is 6.91. The second kappa shape index (κ2) is 5.06. The molecule has 0 aliphatic heterocycles. The van der Waals surface area contributed by atoms with Gasteiger partial charge in [-0.05, 0) is 12.1 Å². The summed E-state index contributed by atoms with van der Waals surface area (Å²) >= 11 is 0. The highest BCUT2D eigenvalue weighted by atomic mass is 16.5. The van der Waals surface area contributed by atoms with Gasteiger partial charge in [-0.1, -0.05) is 12.1 Å². The van der Waals surface area contributed by atoms with Crippen molar-refractivity contribution in [3.8, 4) is 5.75 Å². The summed E-state index contributed by atoms with van der Waals surface area (Å²) in [6, 6.07) is 6.75. The first kappa shape index (κ1) is 11.1. The average molecular weight is 209 g/mol. The van der Waals surface area contributed by atoms with E-state index in [9.17, 15) is 4.79 Å². The first-order chi connectivity index (χ1) is 7.19. The number of para-hydroxylation sites is 2. The van der Waals surface area contributed by atoms with Crippen molar-refractivity contribution < 1.29 is 14.6 Å². The first-order valence-corrected chi connectivity index (χ1v) is 4.17. The molecule has 0 fully saturated rings. The fraction of sp³-hybridized carbons (Fsp3) is 0.222. The van der Waals surface area contributed by atoms with Crippen molar-refractivity contribution in [3.63, 3.8) is 0 Å². The van der Waals surface area contributed by atoms with Gasteiger partial charge in [0.1, 0.15) is 5.75 Å². The number of nitrogens with zero attached hydrogens (tertiary/aromatic N) is 1. The van der Waals surface area contributed by atoms with E-state index >= 15 is 0 Å². The Morgan fingerprint density at radius 2 is 2.27 bits per heavy atom. The van der Waals surface area contributed by atoms with Crippen LogP contribution in [-0.4, -0.2) is 24.4 Å². The van der Waals surface area contributed by atoms with Crippen LogP contribution < -0.4 is 10.1 Å². The zero-order chi connectivity index (χ0) is 11.3. The quantitative estimate of drug-likeness (QED) is 0.645. The monoisotopic (exact) mass is 209 g/mol. The molecule has 6 heteroatoms. The molecule has 15 heavy (non-hydrogen) atoms. The highest BCUT2D eigenvalue weighted by Gasteiger charge is 2.14. The second-order valence-electron chi connectivity index (χ2n) is 2.69. The molecule has 3 N–H and O–H groups in total. The van der Waals surface area contributed by atoms with Crippen LogP contribution in [-0.2, 0) is 4.79 Å². The van der Waals surface area contributed by atoms with Crippen LogP contribution in [0.1, 0.15) is 0 Å². The number of ether oxygens (including phenoxy) is 1. The molecule has 1 rings (SSSR count). The fourth-order valence-corrected chi connectivity index (χ4v) is 1.00. The Bertz CT molecular complexity index is 367. The highest BCUT2D eigenvalue weighted by Crippen LogP contribution is 2.22. The fourth-order valence-electron chi connectivity index (χ4n) is 1.00. The van der Waals surface area contributed by atoms with Gasteiger partial charge in [0.25, 0.3) is 5.91 Å². The van der Waals surface area contributed by atoms with Crippen molar-refractivity contribution in [1.29, 1.82) is 5.53 Å². The maximum Gasteiger partial charge on any atom is 0.278 e. The van der Waals surface area contributed by atoms with E-state index in [-0.39, 0.29) is 0 Å². The topological polar surface area (TPSA) is 94.8 Å². The summed E-state index contributed by atoms with van der Waals surface area (Å²) in [5.74, 6) is -0.294. The lowest BCUT2D eigenvalue weighted by molar-refractivity contribution is -0.123. The Kier molecular flexibility index (Phi) is 3.75. The number of hydrogen-bond donors (Lipinski definition) is 3. The zero-order valence-corrected chi connectivity index (χ0v) is 8.10. The molecule has 1 unspecified atom stereocenters. The summed E-state index contributed by atoms with van der Waals surface area (Å²) in [6.45, 7) is 0. The van der Waals surface area contributed by atoms with Crippen LogP contribution >= 0.6 is 0 Å². The molecule has 1 amide bonds. The standard InChI is InChI=1S/C9H11N3O3/c1-15-7-5-3-2-4-6(7)11-8(13)9(14)12-10/h2-5,9-10,14H,1H3,(H,11,13). The van der Waals surface area contributed by atoms with Gasteiger partial charge in [-0.3, -0.25) is 4.79 Å².